The van der Waals surface area contributed by atoms with Crippen LogP contribution in [0.5, 0.6) is 0 Å². The number of nitrogens with zero attached hydrogens (tertiary/aromatic N) is 2. The van der Waals surface area contributed by atoms with Crippen molar-refractivity contribution in [2.75, 3.05) is 0 Å². The zero-order valence-electron chi connectivity index (χ0n) is 9.98. The van der Waals surface area contributed by atoms with Gasteiger partial charge in [-0.2, -0.15) is 4.98 Å². The highest BCUT2D eigenvalue weighted by Crippen LogP contribution is 2.35. The van der Waals surface area contributed by atoms with Gasteiger partial charge in [-0.25, -0.2) is 0 Å². The first-order valence-electron chi connectivity index (χ1n) is 6.30. The molecule has 0 aliphatic heterocycles. The fourth-order valence-electron chi connectivity index (χ4n) is 2.75. The highest BCUT2D eigenvalue weighted by Gasteiger charge is 2.34. The second kappa shape index (κ2) is 4.95. The van der Waals surface area contributed by atoms with Crippen LogP contribution in [0.1, 0.15) is 57.7 Å². The van der Waals surface area contributed by atoms with Gasteiger partial charge in [0.05, 0.1) is 5.54 Å². The van der Waals surface area contributed by atoms with Crippen molar-refractivity contribution >= 4 is 0 Å². The fraction of sp³-hybridized carbons (Fsp3) is 0.833. The average molecular weight is 223 g/mol. The molecule has 4 heteroatoms. The van der Waals surface area contributed by atoms with Gasteiger partial charge in [-0.05, 0) is 25.2 Å². The van der Waals surface area contributed by atoms with Crippen LogP contribution in [0.2, 0.25) is 0 Å². The maximum Gasteiger partial charge on any atom is 0.213 e. The monoisotopic (exact) mass is 223 g/mol. The van der Waals surface area contributed by atoms with Gasteiger partial charge < -0.3 is 10.3 Å². The molecular weight excluding hydrogens is 202 g/mol. The highest BCUT2D eigenvalue weighted by atomic mass is 16.5. The molecule has 2 atom stereocenters. The fourth-order valence-corrected chi connectivity index (χ4v) is 2.75. The number of hydrogen-bond acceptors (Lipinski definition) is 4. The van der Waals surface area contributed by atoms with Gasteiger partial charge in [0, 0.05) is 0 Å². The summed E-state index contributed by atoms with van der Waals surface area (Å²) >= 11 is 0. The van der Waals surface area contributed by atoms with Crippen molar-refractivity contribution in [3.05, 3.63) is 12.2 Å². The molecule has 2 N–H and O–H groups in total. The molecule has 1 saturated carbocycles. The third-order valence-corrected chi connectivity index (χ3v) is 3.74. The quantitative estimate of drug-likeness (QED) is 0.800. The Hall–Kier alpha value is -0.900. The Bertz CT molecular complexity index is 312. The van der Waals surface area contributed by atoms with Crippen molar-refractivity contribution in [3.8, 4) is 0 Å². The Morgan fingerprint density at radius 2 is 2.38 bits per heavy atom. The molecule has 0 aromatic carbocycles. The maximum absolute atomic E-state index is 6.40. The van der Waals surface area contributed by atoms with E-state index in [0.717, 1.165) is 18.8 Å². The van der Waals surface area contributed by atoms with Crippen molar-refractivity contribution < 1.29 is 4.52 Å². The van der Waals surface area contributed by atoms with Crippen LogP contribution < -0.4 is 5.73 Å². The zero-order valence-corrected chi connectivity index (χ0v) is 9.98. The largest absolute Gasteiger partial charge is 0.343 e. The van der Waals surface area contributed by atoms with Crippen LogP contribution in [0.4, 0.5) is 0 Å². The standard InChI is InChI=1S/C12H21N3O/c1-2-4-10-5-3-7-12(13,8-6-10)11-14-9-16-15-11/h9-10H,2-8,13H2,1H3. The van der Waals surface area contributed by atoms with E-state index in [-0.39, 0.29) is 5.54 Å². The van der Waals surface area contributed by atoms with Gasteiger partial charge in [0.25, 0.3) is 0 Å². The van der Waals surface area contributed by atoms with E-state index in [9.17, 15) is 0 Å². The summed E-state index contributed by atoms with van der Waals surface area (Å²) < 4.78 is 4.81. The van der Waals surface area contributed by atoms with E-state index >= 15 is 0 Å². The molecule has 1 aliphatic carbocycles. The van der Waals surface area contributed by atoms with E-state index in [1.165, 1.54) is 38.5 Å². The third kappa shape index (κ3) is 2.43. The van der Waals surface area contributed by atoms with Crippen LogP contribution in [0.25, 0.3) is 0 Å². The second-order valence-electron chi connectivity index (χ2n) is 5.00. The lowest BCUT2D eigenvalue weighted by molar-refractivity contribution is 0.325. The van der Waals surface area contributed by atoms with E-state index in [4.69, 9.17) is 10.3 Å². The Morgan fingerprint density at radius 1 is 1.50 bits per heavy atom. The lowest BCUT2D eigenvalue weighted by Gasteiger charge is -2.23. The molecular formula is C12H21N3O. The van der Waals surface area contributed by atoms with E-state index < -0.39 is 0 Å². The lowest BCUT2D eigenvalue weighted by atomic mass is 9.89. The lowest BCUT2D eigenvalue weighted by Crippen LogP contribution is -2.37. The first-order valence-corrected chi connectivity index (χ1v) is 6.30. The molecule has 0 amide bonds. The molecule has 0 bridgehead atoms. The minimum atomic E-state index is -0.352. The molecule has 16 heavy (non-hydrogen) atoms. The van der Waals surface area contributed by atoms with E-state index in [2.05, 4.69) is 17.1 Å². The molecule has 0 radical (unpaired) electrons. The van der Waals surface area contributed by atoms with E-state index in [1.807, 2.05) is 0 Å². The smallest absolute Gasteiger partial charge is 0.213 e. The van der Waals surface area contributed by atoms with Crippen molar-refractivity contribution in [3.63, 3.8) is 0 Å². The first kappa shape index (κ1) is 11.6. The predicted molar refractivity (Wildman–Crippen MR) is 61.6 cm³/mol. The number of rotatable bonds is 3. The van der Waals surface area contributed by atoms with E-state index in [1.54, 1.807) is 0 Å². The van der Waals surface area contributed by atoms with Crippen molar-refractivity contribution in [1.82, 2.24) is 10.1 Å². The molecule has 1 fully saturated rings. The van der Waals surface area contributed by atoms with Crippen LogP contribution in [0, 0.1) is 5.92 Å². The Balaban J connectivity index is 2.02. The minimum absolute atomic E-state index is 0.352. The van der Waals surface area contributed by atoms with Gasteiger partial charge in [0.2, 0.25) is 6.39 Å². The van der Waals surface area contributed by atoms with Crippen molar-refractivity contribution in [2.45, 2.75) is 57.4 Å². The van der Waals surface area contributed by atoms with Gasteiger partial charge >= 0.3 is 0 Å². The molecule has 0 saturated heterocycles. The first-order chi connectivity index (χ1) is 7.74. The number of aromatic nitrogens is 2. The summed E-state index contributed by atoms with van der Waals surface area (Å²) in [6.07, 6.45) is 9.59. The topological polar surface area (TPSA) is 64.9 Å². The summed E-state index contributed by atoms with van der Waals surface area (Å²) in [7, 11) is 0. The van der Waals surface area contributed by atoms with Crippen molar-refractivity contribution in [1.29, 1.82) is 0 Å². The molecule has 1 aromatic rings. The maximum atomic E-state index is 6.40. The summed E-state index contributed by atoms with van der Waals surface area (Å²) in [4.78, 5) is 4.12. The predicted octanol–water partition coefficient (Wildman–Crippen LogP) is 2.60. The van der Waals surface area contributed by atoms with Crippen LogP contribution in [-0.2, 0) is 5.54 Å². The Kier molecular flexibility index (Phi) is 3.59. The van der Waals surface area contributed by atoms with Crippen molar-refractivity contribution in [2.24, 2.45) is 11.7 Å². The minimum Gasteiger partial charge on any atom is -0.343 e. The van der Waals surface area contributed by atoms with E-state index in [0.29, 0.717) is 5.82 Å². The van der Waals surface area contributed by atoms with Gasteiger partial charge in [0.1, 0.15) is 0 Å². The van der Waals surface area contributed by atoms with Gasteiger partial charge in [-0.1, -0.05) is 37.8 Å². The second-order valence-corrected chi connectivity index (χ2v) is 5.00. The Morgan fingerprint density at radius 3 is 3.06 bits per heavy atom. The number of nitrogens with two attached hydrogens (primary N) is 1. The van der Waals surface area contributed by atoms with Crippen LogP contribution in [0.15, 0.2) is 10.9 Å². The Labute approximate surface area is 96.6 Å². The highest BCUT2D eigenvalue weighted by molar-refractivity contribution is 5.02. The summed E-state index contributed by atoms with van der Waals surface area (Å²) in [6, 6.07) is 0. The molecule has 1 heterocycles. The molecule has 2 rings (SSSR count). The summed E-state index contributed by atoms with van der Waals surface area (Å²) in [5.41, 5.74) is 6.05. The summed E-state index contributed by atoms with van der Waals surface area (Å²) in [5.74, 6) is 1.52. The molecule has 2 unspecified atom stereocenters. The zero-order chi connectivity index (χ0) is 11.4. The molecule has 0 spiro atoms. The van der Waals surface area contributed by atoms with Crippen LogP contribution >= 0.6 is 0 Å². The molecule has 4 nitrogen and oxygen atoms in total. The number of hydrogen-bond donors (Lipinski definition) is 1. The summed E-state index contributed by atoms with van der Waals surface area (Å²) in [5, 5.41) is 3.91. The van der Waals surface area contributed by atoms with Gasteiger partial charge in [-0.15, -0.1) is 0 Å². The third-order valence-electron chi connectivity index (χ3n) is 3.74. The summed E-state index contributed by atoms with van der Waals surface area (Å²) in [6.45, 7) is 2.25. The van der Waals surface area contributed by atoms with Gasteiger partial charge in [-0.3, -0.25) is 0 Å². The molecule has 1 aromatic heterocycles. The molecule has 1 aliphatic rings. The van der Waals surface area contributed by atoms with Crippen LogP contribution in [-0.4, -0.2) is 10.1 Å². The van der Waals surface area contributed by atoms with Gasteiger partial charge in [0.15, 0.2) is 5.82 Å². The average Bonchev–Trinajstić information content (AvgIpc) is 2.74. The SMILES string of the molecule is CCCC1CCCC(N)(c2ncon2)CC1. The normalized spacial score (nSPS) is 31.2. The molecule has 90 valence electrons. The van der Waals surface area contributed by atoms with Crippen LogP contribution in [0.3, 0.4) is 0 Å².